The van der Waals surface area contributed by atoms with E-state index in [0.717, 1.165) is 11.6 Å². The van der Waals surface area contributed by atoms with Crippen molar-refractivity contribution in [2.24, 2.45) is 5.73 Å². The molecule has 0 unspecified atom stereocenters. The Balaban J connectivity index is 2.07. The third-order valence-electron chi connectivity index (χ3n) is 2.81. The molecule has 0 atom stereocenters. The van der Waals surface area contributed by atoms with Gasteiger partial charge in [0.2, 0.25) is 5.91 Å². The maximum Gasteiger partial charge on any atom is 0.338 e. The molecule has 0 aromatic heterocycles. The first-order chi connectivity index (χ1) is 9.97. The topological polar surface area (TPSA) is 80.4 Å². The van der Waals surface area contributed by atoms with Gasteiger partial charge >= 0.3 is 5.97 Å². The number of primary amides is 1. The van der Waals surface area contributed by atoms with Crippen molar-refractivity contribution < 1.29 is 19.1 Å². The molecule has 2 aromatic carbocycles. The molecule has 0 aliphatic heterocycles. The molecule has 0 aliphatic carbocycles. The molecule has 2 rings (SSSR count). The van der Waals surface area contributed by atoms with Crippen molar-refractivity contribution in [2.75, 3.05) is 0 Å². The molecule has 1 amide bonds. The predicted octanol–water partition coefficient (Wildman–Crippen LogP) is 2.92. The molecule has 0 radical (unpaired) electrons. The van der Waals surface area contributed by atoms with E-state index in [9.17, 15) is 14.0 Å². The monoisotopic (exact) mass is 305 g/mol. The molecule has 0 aliphatic rings. The summed E-state index contributed by atoms with van der Waals surface area (Å²) in [6, 6.07) is 10.8. The number of hydrogen-bond acceptors (Lipinski definition) is 3. The van der Waals surface area contributed by atoms with E-state index in [0.29, 0.717) is 16.2 Å². The minimum atomic E-state index is -1.29. The summed E-state index contributed by atoms with van der Waals surface area (Å²) >= 11 is 1.38. The summed E-state index contributed by atoms with van der Waals surface area (Å²) in [5, 5.41) is 8.86. The predicted molar refractivity (Wildman–Crippen MR) is 77.9 cm³/mol. The van der Waals surface area contributed by atoms with E-state index in [4.69, 9.17) is 10.8 Å². The average Bonchev–Trinajstić information content (AvgIpc) is 2.46. The van der Waals surface area contributed by atoms with Crippen LogP contribution >= 0.6 is 11.8 Å². The molecule has 3 N–H and O–H groups in total. The van der Waals surface area contributed by atoms with E-state index in [-0.39, 0.29) is 5.56 Å². The fourth-order valence-corrected chi connectivity index (χ4v) is 2.58. The molecule has 6 heteroatoms. The first-order valence-corrected chi connectivity index (χ1v) is 7.00. The van der Waals surface area contributed by atoms with Gasteiger partial charge in [-0.2, -0.15) is 0 Å². The van der Waals surface area contributed by atoms with Crippen molar-refractivity contribution in [3.8, 4) is 0 Å². The van der Waals surface area contributed by atoms with Crippen LogP contribution in [0.5, 0.6) is 0 Å². The van der Waals surface area contributed by atoms with Crippen LogP contribution < -0.4 is 5.73 Å². The maximum atomic E-state index is 13.3. The van der Waals surface area contributed by atoms with Crippen molar-refractivity contribution >= 4 is 23.6 Å². The number of carboxylic acid groups (broad SMARTS) is 1. The second-order valence-corrected chi connectivity index (χ2v) is 5.35. The Morgan fingerprint density at radius 1 is 1.14 bits per heavy atom. The zero-order valence-corrected chi connectivity index (χ0v) is 11.7. The Labute approximate surface area is 124 Å². The number of benzene rings is 2. The molecule has 21 heavy (non-hydrogen) atoms. The number of halogens is 1. The van der Waals surface area contributed by atoms with E-state index in [1.54, 1.807) is 24.3 Å². The summed E-state index contributed by atoms with van der Waals surface area (Å²) in [5.74, 6) is -1.96. The van der Waals surface area contributed by atoms with Crippen LogP contribution in [0.2, 0.25) is 0 Å². The highest BCUT2D eigenvalue weighted by atomic mass is 32.2. The van der Waals surface area contributed by atoms with E-state index < -0.39 is 17.7 Å². The summed E-state index contributed by atoms with van der Waals surface area (Å²) in [6.07, 6.45) is 0. The Hall–Kier alpha value is -2.34. The van der Waals surface area contributed by atoms with Gasteiger partial charge in [-0.3, -0.25) is 4.79 Å². The fourth-order valence-electron chi connectivity index (χ4n) is 1.69. The SMILES string of the molecule is NC(=O)c1ccc(CSc2ccc(F)c(C(=O)O)c2)cc1. The lowest BCUT2D eigenvalue weighted by molar-refractivity contribution is 0.0691. The third-order valence-corrected chi connectivity index (χ3v) is 3.88. The third kappa shape index (κ3) is 3.82. The van der Waals surface area contributed by atoms with E-state index >= 15 is 0 Å². The highest BCUT2D eigenvalue weighted by Gasteiger charge is 2.11. The van der Waals surface area contributed by atoms with Crippen LogP contribution in [0, 0.1) is 5.82 Å². The normalized spacial score (nSPS) is 10.3. The molecule has 0 saturated heterocycles. The number of carboxylic acids is 1. The van der Waals surface area contributed by atoms with Gasteiger partial charge in [-0.1, -0.05) is 12.1 Å². The molecule has 108 valence electrons. The van der Waals surface area contributed by atoms with Gasteiger partial charge in [0.25, 0.3) is 0 Å². The molecular weight excluding hydrogens is 293 g/mol. The maximum absolute atomic E-state index is 13.3. The fraction of sp³-hybridized carbons (Fsp3) is 0.0667. The number of rotatable bonds is 5. The zero-order valence-electron chi connectivity index (χ0n) is 10.9. The van der Waals surface area contributed by atoms with Gasteiger partial charge in [-0.25, -0.2) is 9.18 Å². The number of hydrogen-bond donors (Lipinski definition) is 2. The van der Waals surface area contributed by atoms with Gasteiger partial charge < -0.3 is 10.8 Å². The van der Waals surface area contributed by atoms with Gasteiger partial charge in [0, 0.05) is 16.2 Å². The van der Waals surface area contributed by atoms with Crippen LogP contribution in [0.1, 0.15) is 26.3 Å². The van der Waals surface area contributed by atoms with Crippen molar-refractivity contribution in [3.05, 3.63) is 65.0 Å². The second-order valence-electron chi connectivity index (χ2n) is 4.30. The largest absolute Gasteiger partial charge is 0.478 e. The van der Waals surface area contributed by atoms with Crippen LogP contribution in [-0.2, 0) is 5.75 Å². The van der Waals surface area contributed by atoms with Crippen LogP contribution in [0.15, 0.2) is 47.4 Å². The number of thioether (sulfide) groups is 1. The summed E-state index contributed by atoms with van der Waals surface area (Å²) in [7, 11) is 0. The van der Waals surface area contributed by atoms with E-state index in [2.05, 4.69) is 0 Å². The number of nitrogens with two attached hydrogens (primary N) is 1. The van der Waals surface area contributed by atoms with Gasteiger partial charge in [0.05, 0.1) is 5.56 Å². The first kappa shape index (κ1) is 15.1. The lowest BCUT2D eigenvalue weighted by Gasteiger charge is -2.05. The molecule has 2 aromatic rings. The molecule has 0 fully saturated rings. The highest BCUT2D eigenvalue weighted by Crippen LogP contribution is 2.25. The lowest BCUT2D eigenvalue weighted by Crippen LogP contribution is -2.10. The van der Waals surface area contributed by atoms with Crippen molar-refractivity contribution in [1.82, 2.24) is 0 Å². The molecule has 0 bridgehead atoms. The van der Waals surface area contributed by atoms with Crippen LogP contribution in [0.4, 0.5) is 4.39 Å². The minimum Gasteiger partial charge on any atom is -0.478 e. The van der Waals surface area contributed by atoms with E-state index in [1.165, 1.54) is 23.9 Å². The summed E-state index contributed by atoms with van der Waals surface area (Å²) < 4.78 is 13.3. The van der Waals surface area contributed by atoms with Gasteiger partial charge in [-0.05, 0) is 35.9 Å². The summed E-state index contributed by atoms with van der Waals surface area (Å²) in [6.45, 7) is 0. The minimum absolute atomic E-state index is 0.343. The number of carbonyl (C=O) groups excluding carboxylic acids is 1. The molecule has 0 spiro atoms. The van der Waals surface area contributed by atoms with Crippen molar-refractivity contribution in [2.45, 2.75) is 10.6 Å². The summed E-state index contributed by atoms with van der Waals surface area (Å²) in [5.41, 5.74) is 6.19. The number of aromatic carboxylic acids is 1. The molecular formula is C15H12FNO3S. The van der Waals surface area contributed by atoms with Crippen LogP contribution in [0.3, 0.4) is 0 Å². The van der Waals surface area contributed by atoms with Crippen molar-refractivity contribution in [1.29, 1.82) is 0 Å². The van der Waals surface area contributed by atoms with Crippen molar-refractivity contribution in [3.63, 3.8) is 0 Å². The van der Waals surface area contributed by atoms with Gasteiger partial charge in [-0.15, -0.1) is 11.8 Å². The van der Waals surface area contributed by atoms with Gasteiger partial charge in [0.15, 0.2) is 0 Å². The Kier molecular flexibility index (Phi) is 4.59. The van der Waals surface area contributed by atoms with E-state index in [1.807, 2.05) is 0 Å². The van der Waals surface area contributed by atoms with Crippen LogP contribution in [0.25, 0.3) is 0 Å². The lowest BCUT2D eigenvalue weighted by atomic mass is 10.1. The molecule has 0 saturated carbocycles. The Morgan fingerprint density at radius 3 is 2.38 bits per heavy atom. The quantitative estimate of drug-likeness (QED) is 0.832. The summed E-state index contributed by atoms with van der Waals surface area (Å²) in [4.78, 5) is 22.5. The Bertz CT molecular complexity index is 686. The Morgan fingerprint density at radius 2 is 1.81 bits per heavy atom. The zero-order chi connectivity index (χ0) is 15.4. The number of carbonyl (C=O) groups is 2. The van der Waals surface area contributed by atoms with Gasteiger partial charge in [0.1, 0.15) is 5.82 Å². The first-order valence-electron chi connectivity index (χ1n) is 6.02. The average molecular weight is 305 g/mol. The smallest absolute Gasteiger partial charge is 0.338 e. The van der Waals surface area contributed by atoms with Crippen LogP contribution in [-0.4, -0.2) is 17.0 Å². The standard InChI is InChI=1S/C15H12FNO3S/c16-13-6-5-11(7-12(13)15(19)20)21-8-9-1-3-10(4-2-9)14(17)18/h1-7H,8H2,(H2,17,18)(H,19,20). The molecule has 0 heterocycles. The number of amides is 1. The second kappa shape index (κ2) is 6.41. The highest BCUT2D eigenvalue weighted by molar-refractivity contribution is 7.98. The molecule has 4 nitrogen and oxygen atoms in total.